The maximum atomic E-state index is 5.77. The van der Waals surface area contributed by atoms with E-state index in [1.54, 1.807) is 0 Å². The lowest BCUT2D eigenvalue weighted by Crippen LogP contribution is -2.34. The van der Waals surface area contributed by atoms with Gasteiger partial charge in [0.05, 0.1) is 0 Å². The van der Waals surface area contributed by atoms with Gasteiger partial charge in [0.1, 0.15) is 13.2 Å². The summed E-state index contributed by atoms with van der Waals surface area (Å²) < 4.78 is 12.6. The molecule has 1 atom stereocenters. The Balaban J connectivity index is 1.98. The van der Waals surface area contributed by atoms with Crippen molar-refractivity contribution < 1.29 is 9.47 Å². The van der Waals surface area contributed by atoms with Gasteiger partial charge in [-0.05, 0) is 42.5 Å². The van der Waals surface area contributed by atoms with E-state index in [0.29, 0.717) is 24.7 Å². The first-order chi connectivity index (χ1) is 10.1. The van der Waals surface area contributed by atoms with Gasteiger partial charge in [-0.3, -0.25) is 0 Å². The summed E-state index contributed by atoms with van der Waals surface area (Å²) in [6.07, 6.45) is 5.23. The van der Waals surface area contributed by atoms with Crippen molar-refractivity contribution in [2.24, 2.45) is 5.41 Å². The number of hydrogen-bond donors (Lipinski definition) is 1. The predicted molar refractivity (Wildman–Crippen MR) is 88.1 cm³/mol. The average Bonchev–Trinajstić information content (AvgIpc) is 2.92. The highest BCUT2D eigenvalue weighted by Gasteiger charge is 2.38. The molecule has 0 radical (unpaired) electrons. The first kappa shape index (κ1) is 15.2. The Labute approximate surface area is 135 Å². The Hall–Kier alpha value is -0.740. The van der Waals surface area contributed by atoms with Crippen LogP contribution < -0.4 is 14.8 Å². The average molecular weight is 354 g/mol. The molecule has 1 N–H and O–H groups in total. The minimum Gasteiger partial charge on any atom is -0.486 e. The van der Waals surface area contributed by atoms with Crippen molar-refractivity contribution in [3.63, 3.8) is 0 Å². The number of benzene rings is 1. The van der Waals surface area contributed by atoms with E-state index >= 15 is 0 Å². The van der Waals surface area contributed by atoms with Gasteiger partial charge >= 0.3 is 0 Å². The van der Waals surface area contributed by atoms with E-state index in [4.69, 9.17) is 9.47 Å². The van der Waals surface area contributed by atoms with Crippen LogP contribution in [-0.4, -0.2) is 19.8 Å². The molecular formula is C17H24BrNO2. The summed E-state index contributed by atoms with van der Waals surface area (Å²) in [6.45, 7) is 6.83. The third-order valence-electron chi connectivity index (χ3n) is 4.82. The highest BCUT2D eigenvalue weighted by molar-refractivity contribution is 9.10. The van der Waals surface area contributed by atoms with Crippen LogP contribution in [-0.2, 0) is 0 Å². The van der Waals surface area contributed by atoms with Crippen molar-refractivity contribution in [2.45, 2.75) is 45.6 Å². The van der Waals surface area contributed by atoms with E-state index < -0.39 is 0 Å². The number of nitrogens with one attached hydrogen (secondary N) is 1. The second kappa shape index (κ2) is 6.17. The molecule has 2 aliphatic rings. The maximum absolute atomic E-state index is 5.77. The van der Waals surface area contributed by atoms with Crippen molar-refractivity contribution in [3.8, 4) is 11.5 Å². The molecule has 3 nitrogen and oxygen atoms in total. The summed E-state index contributed by atoms with van der Waals surface area (Å²) in [5.74, 6) is 1.73. The van der Waals surface area contributed by atoms with Gasteiger partial charge in [0.25, 0.3) is 0 Å². The zero-order chi connectivity index (χ0) is 14.9. The molecular weight excluding hydrogens is 330 g/mol. The van der Waals surface area contributed by atoms with E-state index in [9.17, 15) is 0 Å². The number of fused-ring (bicyclic) bond motifs is 1. The molecule has 1 aromatic rings. The fraction of sp³-hybridized carbons (Fsp3) is 0.647. The van der Waals surface area contributed by atoms with Crippen LogP contribution in [0.5, 0.6) is 11.5 Å². The number of ether oxygens (including phenoxy) is 2. The zero-order valence-electron chi connectivity index (χ0n) is 12.9. The van der Waals surface area contributed by atoms with Crippen LogP contribution in [0.15, 0.2) is 16.6 Å². The molecule has 21 heavy (non-hydrogen) atoms. The van der Waals surface area contributed by atoms with Crippen LogP contribution in [0.4, 0.5) is 0 Å². The number of halogens is 1. The van der Waals surface area contributed by atoms with Crippen molar-refractivity contribution in [1.82, 2.24) is 5.32 Å². The third-order valence-corrected chi connectivity index (χ3v) is 5.51. The van der Waals surface area contributed by atoms with Gasteiger partial charge in [-0.25, -0.2) is 0 Å². The Kier molecular flexibility index (Phi) is 4.46. The van der Waals surface area contributed by atoms with Gasteiger partial charge in [0.15, 0.2) is 11.5 Å². The molecule has 1 aliphatic heterocycles. The standard InChI is InChI=1S/C17H24BrNO2/c1-3-19-16(17(2)6-4-5-7-17)12-10-14-15(11-13(12)18)21-9-8-20-14/h10-11,16,19H,3-9H2,1-2H3. The van der Waals surface area contributed by atoms with Gasteiger partial charge in [-0.2, -0.15) is 0 Å². The van der Waals surface area contributed by atoms with Gasteiger partial charge in [0, 0.05) is 10.5 Å². The summed E-state index contributed by atoms with van der Waals surface area (Å²) in [4.78, 5) is 0. The summed E-state index contributed by atoms with van der Waals surface area (Å²) in [5, 5.41) is 3.70. The first-order valence-electron chi connectivity index (χ1n) is 7.96. The molecule has 4 heteroatoms. The molecule has 0 spiro atoms. The molecule has 0 amide bonds. The molecule has 3 rings (SSSR count). The van der Waals surface area contributed by atoms with Crippen molar-refractivity contribution in [3.05, 3.63) is 22.2 Å². The van der Waals surface area contributed by atoms with Gasteiger partial charge in [-0.1, -0.05) is 42.6 Å². The monoisotopic (exact) mass is 353 g/mol. The second-order valence-corrected chi connectivity index (χ2v) is 7.22. The fourth-order valence-electron chi connectivity index (χ4n) is 3.71. The molecule has 1 heterocycles. The molecule has 1 aromatic carbocycles. The highest BCUT2D eigenvalue weighted by Crippen LogP contribution is 2.50. The molecule has 1 fully saturated rings. The smallest absolute Gasteiger partial charge is 0.162 e. The van der Waals surface area contributed by atoms with Gasteiger partial charge in [-0.15, -0.1) is 0 Å². The maximum Gasteiger partial charge on any atom is 0.162 e. The molecule has 1 aliphatic carbocycles. The highest BCUT2D eigenvalue weighted by atomic mass is 79.9. The minimum absolute atomic E-state index is 0.322. The van der Waals surface area contributed by atoms with Gasteiger partial charge in [0.2, 0.25) is 0 Å². The lowest BCUT2D eigenvalue weighted by atomic mass is 9.77. The lowest BCUT2D eigenvalue weighted by molar-refractivity contribution is 0.170. The largest absolute Gasteiger partial charge is 0.486 e. The molecule has 0 saturated heterocycles. The van der Waals surface area contributed by atoms with Crippen molar-refractivity contribution in [2.75, 3.05) is 19.8 Å². The van der Waals surface area contributed by atoms with Crippen LogP contribution in [0.1, 0.15) is 51.1 Å². The van der Waals surface area contributed by atoms with Crippen LogP contribution in [0.2, 0.25) is 0 Å². The zero-order valence-corrected chi connectivity index (χ0v) is 14.5. The first-order valence-corrected chi connectivity index (χ1v) is 8.76. The normalized spacial score (nSPS) is 21.3. The van der Waals surface area contributed by atoms with E-state index in [1.165, 1.54) is 31.2 Å². The molecule has 1 unspecified atom stereocenters. The predicted octanol–water partition coefficient (Wildman–Crippen LogP) is 4.45. The van der Waals surface area contributed by atoms with Crippen molar-refractivity contribution >= 4 is 15.9 Å². The topological polar surface area (TPSA) is 30.5 Å². The van der Waals surface area contributed by atoms with Crippen LogP contribution in [0.3, 0.4) is 0 Å². The van der Waals surface area contributed by atoms with Gasteiger partial charge < -0.3 is 14.8 Å². The Morgan fingerprint density at radius 1 is 1.19 bits per heavy atom. The van der Waals surface area contributed by atoms with E-state index in [0.717, 1.165) is 22.5 Å². The Morgan fingerprint density at radius 2 is 1.81 bits per heavy atom. The van der Waals surface area contributed by atoms with Crippen LogP contribution in [0.25, 0.3) is 0 Å². The lowest BCUT2D eigenvalue weighted by Gasteiger charge is -2.36. The molecule has 0 bridgehead atoms. The number of hydrogen-bond acceptors (Lipinski definition) is 3. The third kappa shape index (κ3) is 2.93. The summed E-state index contributed by atoms with van der Waals surface area (Å²) in [5.41, 5.74) is 1.62. The molecule has 1 saturated carbocycles. The van der Waals surface area contributed by atoms with E-state index in [1.807, 2.05) is 0 Å². The van der Waals surface area contributed by atoms with Crippen LogP contribution >= 0.6 is 15.9 Å². The molecule has 116 valence electrons. The summed E-state index contributed by atoms with van der Waals surface area (Å²) >= 11 is 3.74. The van der Waals surface area contributed by atoms with Crippen molar-refractivity contribution in [1.29, 1.82) is 0 Å². The molecule has 0 aromatic heterocycles. The Bertz CT molecular complexity index is 512. The number of rotatable bonds is 4. The summed E-state index contributed by atoms with van der Waals surface area (Å²) in [6, 6.07) is 4.58. The van der Waals surface area contributed by atoms with E-state index in [-0.39, 0.29) is 0 Å². The minimum atomic E-state index is 0.322. The fourth-order valence-corrected chi connectivity index (χ4v) is 4.26. The Morgan fingerprint density at radius 3 is 2.43 bits per heavy atom. The SMILES string of the molecule is CCNC(c1cc2c(cc1Br)OCCO2)C1(C)CCCC1. The van der Waals surface area contributed by atoms with Crippen LogP contribution in [0, 0.1) is 5.41 Å². The quantitative estimate of drug-likeness (QED) is 0.867. The summed E-state index contributed by atoms with van der Waals surface area (Å²) in [7, 11) is 0. The second-order valence-electron chi connectivity index (χ2n) is 6.37. The van der Waals surface area contributed by atoms with E-state index in [2.05, 4.69) is 47.2 Å².